The van der Waals surface area contributed by atoms with E-state index in [0.717, 1.165) is 6.07 Å². The molecule has 0 aliphatic carbocycles. The van der Waals surface area contributed by atoms with Crippen molar-refractivity contribution < 1.29 is 32.2 Å². The number of aliphatic hydroxyl groups is 1. The summed E-state index contributed by atoms with van der Waals surface area (Å²) in [5.41, 5.74) is -1.72. The second-order valence-corrected chi connectivity index (χ2v) is 5.14. The molecule has 0 saturated carbocycles. The van der Waals surface area contributed by atoms with Crippen molar-refractivity contribution >= 4 is 5.91 Å². The van der Waals surface area contributed by atoms with Crippen LogP contribution >= 0.6 is 0 Å². The maximum atomic E-state index is 13.3. The Bertz CT molecular complexity index is 562. The number of ether oxygens (including phenoxy) is 1. The molecular weight excluding hydrogens is 306 g/mol. The summed E-state index contributed by atoms with van der Waals surface area (Å²) in [6.07, 6.45) is -5.45. The molecule has 22 heavy (non-hydrogen) atoms. The van der Waals surface area contributed by atoms with E-state index in [-0.39, 0.29) is 31.4 Å². The highest BCUT2D eigenvalue weighted by molar-refractivity contribution is 5.94. The van der Waals surface area contributed by atoms with Crippen molar-refractivity contribution in [1.82, 2.24) is 4.90 Å². The Morgan fingerprint density at radius 1 is 1.45 bits per heavy atom. The van der Waals surface area contributed by atoms with Crippen molar-refractivity contribution in [3.8, 4) is 0 Å². The highest BCUT2D eigenvalue weighted by Gasteiger charge is 2.36. The molecule has 122 valence electrons. The van der Waals surface area contributed by atoms with Crippen LogP contribution in [0.2, 0.25) is 0 Å². The van der Waals surface area contributed by atoms with Crippen LogP contribution in [-0.4, -0.2) is 47.8 Å². The number of carbonyl (C=O) groups excluding carboxylic acids is 1. The maximum Gasteiger partial charge on any atom is 0.419 e. The number of morpholine rings is 1. The average molecular weight is 321 g/mol. The number of aliphatic hydroxyl groups excluding tert-OH is 1. The molecule has 1 heterocycles. The molecule has 2 atom stereocenters. The normalized spacial score (nSPS) is 22.7. The molecule has 0 spiro atoms. The van der Waals surface area contributed by atoms with Crippen LogP contribution in [0.25, 0.3) is 0 Å². The van der Waals surface area contributed by atoms with E-state index in [1.54, 1.807) is 6.92 Å². The second-order valence-electron chi connectivity index (χ2n) is 5.14. The fraction of sp³-hybridized carbons (Fsp3) is 0.500. The number of halogens is 4. The van der Waals surface area contributed by atoms with Crippen LogP contribution in [-0.2, 0) is 10.9 Å². The van der Waals surface area contributed by atoms with E-state index < -0.39 is 29.6 Å². The molecule has 0 bridgehead atoms. The summed E-state index contributed by atoms with van der Waals surface area (Å²) in [5, 5.41) is 9.07. The first-order chi connectivity index (χ1) is 10.2. The predicted molar refractivity (Wildman–Crippen MR) is 68.7 cm³/mol. The van der Waals surface area contributed by atoms with Crippen LogP contribution in [0.3, 0.4) is 0 Å². The van der Waals surface area contributed by atoms with Gasteiger partial charge in [-0.2, -0.15) is 13.2 Å². The Kier molecular flexibility index (Phi) is 4.72. The molecule has 2 unspecified atom stereocenters. The number of alkyl halides is 3. The second kappa shape index (κ2) is 6.21. The van der Waals surface area contributed by atoms with Crippen molar-refractivity contribution in [2.75, 3.05) is 19.8 Å². The Hall–Kier alpha value is -1.67. The van der Waals surface area contributed by atoms with E-state index in [1.807, 2.05) is 0 Å². The molecule has 4 nitrogen and oxygen atoms in total. The summed E-state index contributed by atoms with van der Waals surface area (Å²) in [6, 6.07) is 1.80. The lowest BCUT2D eigenvalue weighted by Gasteiger charge is -2.37. The third kappa shape index (κ3) is 3.38. The number of benzene rings is 1. The zero-order chi connectivity index (χ0) is 16.5. The molecule has 2 rings (SSSR count). The Labute approximate surface area is 124 Å². The fourth-order valence-corrected chi connectivity index (χ4v) is 2.25. The van der Waals surface area contributed by atoms with Crippen LogP contribution in [0, 0.1) is 5.82 Å². The largest absolute Gasteiger partial charge is 0.419 e. The topological polar surface area (TPSA) is 49.8 Å². The van der Waals surface area contributed by atoms with Crippen LogP contribution in [0.15, 0.2) is 18.2 Å². The van der Waals surface area contributed by atoms with Gasteiger partial charge in [0.15, 0.2) is 0 Å². The molecule has 1 aliphatic rings. The molecule has 0 aromatic heterocycles. The van der Waals surface area contributed by atoms with Gasteiger partial charge in [0, 0.05) is 12.1 Å². The molecule has 1 aromatic rings. The lowest BCUT2D eigenvalue weighted by atomic mass is 10.1. The average Bonchev–Trinajstić information content (AvgIpc) is 2.46. The third-order valence-corrected chi connectivity index (χ3v) is 3.49. The molecule has 1 fully saturated rings. The highest BCUT2D eigenvalue weighted by atomic mass is 19.4. The summed E-state index contributed by atoms with van der Waals surface area (Å²) >= 11 is 0. The summed E-state index contributed by atoms with van der Waals surface area (Å²) in [5.74, 6) is -2.08. The van der Waals surface area contributed by atoms with Gasteiger partial charge >= 0.3 is 6.18 Å². The van der Waals surface area contributed by atoms with Crippen LogP contribution in [0.4, 0.5) is 17.6 Å². The van der Waals surface area contributed by atoms with Crippen LogP contribution in [0.5, 0.6) is 0 Å². The van der Waals surface area contributed by atoms with Gasteiger partial charge in [-0.05, 0) is 25.1 Å². The van der Waals surface area contributed by atoms with Crippen LogP contribution < -0.4 is 0 Å². The van der Waals surface area contributed by atoms with Gasteiger partial charge in [-0.25, -0.2) is 4.39 Å². The van der Waals surface area contributed by atoms with Gasteiger partial charge in [-0.15, -0.1) is 0 Å². The van der Waals surface area contributed by atoms with Crippen molar-refractivity contribution in [3.63, 3.8) is 0 Å². The molecule has 0 radical (unpaired) electrons. The number of hydrogen-bond donors (Lipinski definition) is 1. The van der Waals surface area contributed by atoms with Crippen LogP contribution in [0.1, 0.15) is 22.8 Å². The van der Waals surface area contributed by atoms with Gasteiger partial charge in [0.05, 0.1) is 30.9 Å². The first-order valence-corrected chi connectivity index (χ1v) is 6.64. The van der Waals surface area contributed by atoms with Gasteiger partial charge in [-0.3, -0.25) is 4.79 Å². The van der Waals surface area contributed by atoms with Gasteiger partial charge in [0.25, 0.3) is 5.91 Å². The van der Waals surface area contributed by atoms with E-state index in [2.05, 4.69) is 0 Å². The number of amides is 1. The van der Waals surface area contributed by atoms with Crippen molar-refractivity contribution in [2.45, 2.75) is 25.2 Å². The lowest BCUT2D eigenvalue weighted by Crippen LogP contribution is -2.52. The molecule has 1 aliphatic heterocycles. The van der Waals surface area contributed by atoms with E-state index in [9.17, 15) is 22.4 Å². The van der Waals surface area contributed by atoms with Gasteiger partial charge in [0.2, 0.25) is 0 Å². The van der Waals surface area contributed by atoms with E-state index in [1.165, 1.54) is 4.90 Å². The molecule has 8 heteroatoms. The number of hydrogen-bond acceptors (Lipinski definition) is 3. The zero-order valence-electron chi connectivity index (χ0n) is 11.7. The minimum Gasteiger partial charge on any atom is -0.394 e. The number of rotatable bonds is 2. The van der Waals surface area contributed by atoms with E-state index in [4.69, 9.17) is 9.84 Å². The van der Waals surface area contributed by atoms with Gasteiger partial charge < -0.3 is 14.7 Å². The minimum atomic E-state index is -4.87. The van der Waals surface area contributed by atoms with E-state index >= 15 is 0 Å². The molecular formula is C14H15F4NO3. The molecule has 1 N–H and O–H groups in total. The van der Waals surface area contributed by atoms with Gasteiger partial charge in [0.1, 0.15) is 5.82 Å². The monoisotopic (exact) mass is 321 g/mol. The Morgan fingerprint density at radius 2 is 2.14 bits per heavy atom. The first kappa shape index (κ1) is 16.7. The third-order valence-electron chi connectivity index (χ3n) is 3.49. The van der Waals surface area contributed by atoms with Crippen molar-refractivity contribution in [3.05, 3.63) is 35.1 Å². The van der Waals surface area contributed by atoms with E-state index in [0.29, 0.717) is 12.1 Å². The number of carbonyl (C=O) groups is 1. The molecule has 1 saturated heterocycles. The smallest absolute Gasteiger partial charge is 0.394 e. The standard InChI is InChI=1S/C14H15F4NO3/c1-8-7-22-10(6-20)5-19(8)13(21)9-2-3-12(15)11(4-9)14(16,17)18/h2-4,8,10,20H,5-7H2,1H3. The minimum absolute atomic E-state index is 0.0647. The maximum absolute atomic E-state index is 13.3. The highest BCUT2D eigenvalue weighted by Crippen LogP contribution is 2.32. The zero-order valence-corrected chi connectivity index (χ0v) is 11.7. The SMILES string of the molecule is CC1COC(CO)CN1C(=O)c1ccc(F)c(C(F)(F)F)c1. The molecule has 1 amide bonds. The summed E-state index contributed by atoms with van der Waals surface area (Å²) in [4.78, 5) is 13.7. The number of nitrogens with zero attached hydrogens (tertiary/aromatic N) is 1. The summed E-state index contributed by atoms with van der Waals surface area (Å²) in [6.45, 7) is 1.62. The summed E-state index contributed by atoms with van der Waals surface area (Å²) < 4.78 is 56.7. The Balaban J connectivity index is 2.29. The fourth-order valence-electron chi connectivity index (χ4n) is 2.25. The lowest BCUT2D eigenvalue weighted by molar-refractivity contribution is -0.140. The predicted octanol–water partition coefficient (Wildman–Crippen LogP) is 2.07. The molecule has 1 aromatic carbocycles. The summed E-state index contributed by atoms with van der Waals surface area (Å²) in [7, 11) is 0. The van der Waals surface area contributed by atoms with Crippen molar-refractivity contribution in [2.24, 2.45) is 0 Å². The first-order valence-electron chi connectivity index (χ1n) is 6.64. The quantitative estimate of drug-likeness (QED) is 0.849. The van der Waals surface area contributed by atoms with Crippen molar-refractivity contribution in [1.29, 1.82) is 0 Å². The Morgan fingerprint density at radius 3 is 2.73 bits per heavy atom. The van der Waals surface area contributed by atoms with Gasteiger partial charge in [-0.1, -0.05) is 0 Å².